The van der Waals surface area contributed by atoms with Gasteiger partial charge >= 0.3 is 6.09 Å². The molecule has 0 unspecified atom stereocenters. The second kappa shape index (κ2) is 7.15. The van der Waals surface area contributed by atoms with Crippen LogP contribution in [0, 0.1) is 0 Å². The van der Waals surface area contributed by atoms with Gasteiger partial charge in [-0.2, -0.15) is 5.10 Å². The Balaban J connectivity index is 1.72. The molecule has 2 aliphatic heterocycles. The largest absolute Gasteiger partial charge is 0.444 e. The second-order valence-corrected chi connectivity index (χ2v) is 8.81. The lowest BCUT2D eigenvalue weighted by molar-refractivity contribution is 0.0258. The molecule has 0 N–H and O–H groups in total. The molecule has 3 heterocycles. The van der Waals surface area contributed by atoms with E-state index in [2.05, 4.69) is 23.1 Å². The maximum absolute atomic E-state index is 12.6. The lowest BCUT2D eigenvalue weighted by atomic mass is 9.91. The smallest absolute Gasteiger partial charge is 0.410 e. The molecule has 0 spiro atoms. The van der Waals surface area contributed by atoms with Crippen LogP contribution in [0.5, 0.6) is 0 Å². The molecule has 0 saturated heterocycles. The molecular formula is C22H30N4O2. The van der Waals surface area contributed by atoms with E-state index >= 15 is 0 Å². The zero-order valence-electron chi connectivity index (χ0n) is 17.4. The fraction of sp³-hybridized carbons (Fsp3) is 0.545. The summed E-state index contributed by atoms with van der Waals surface area (Å²) >= 11 is 0. The number of benzene rings is 1. The van der Waals surface area contributed by atoms with Crippen LogP contribution < -0.4 is 4.90 Å². The standard InChI is InChI=1S/C22H30N4O2/c1-22(2,3)28-21(27)25-13-8-16-15-17-7-5-11-24(4)19(17)20(18(16)9-14-25)26-12-6-10-23-26/h6,10,12,15H,5,7-9,11,13-14H2,1-4H3. The van der Waals surface area contributed by atoms with Gasteiger partial charge in [0.15, 0.2) is 0 Å². The molecule has 1 amide bonds. The van der Waals surface area contributed by atoms with Gasteiger partial charge in [-0.05, 0) is 69.2 Å². The van der Waals surface area contributed by atoms with E-state index in [1.165, 1.54) is 34.5 Å². The van der Waals surface area contributed by atoms with Gasteiger partial charge in [0.25, 0.3) is 0 Å². The minimum atomic E-state index is -0.474. The van der Waals surface area contributed by atoms with Crippen molar-refractivity contribution in [3.8, 4) is 5.69 Å². The van der Waals surface area contributed by atoms with Crippen molar-refractivity contribution in [1.29, 1.82) is 0 Å². The number of aryl methyl sites for hydroxylation is 1. The van der Waals surface area contributed by atoms with Gasteiger partial charge in [-0.1, -0.05) is 6.07 Å². The Labute approximate surface area is 167 Å². The molecule has 4 rings (SSSR count). The Morgan fingerprint density at radius 2 is 1.86 bits per heavy atom. The first-order valence-corrected chi connectivity index (χ1v) is 10.2. The molecule has 0 atom stereocenters. The SMILES string of the molecule is CN1CCCc2cc3c(c(-n4cccn4)c21)CCN(C(=O)OC(C)(C)C)CC3. The number of anilines is 1. The molecule has 0 aliphatic carbocycles. The molecular weight excluding hydrogens is 352 g/mol. The highest BCUT2D eigenvalue weighted by molar-refractivity contribution is 5.74. The Hall–Kier alpha value is -2.50. The first kappa shape index (κ1) is 18.8. The zero-order valence-corrected chi connectivity index (χ0v) is 17.4. The number of ether oxygens (including phenoxy) is 1. The normalized spacial score (nSPS) is 17.0. The highest BCUT2D eigenvalue weighted by Crippen LogP contribution is 2.38. The highest BCUT2D eigenvalue weighted by Gasteiger charge is 2.29. The average Bonchev–Trinajstić information content (AvgIpc) is 3.05. The van der Waals surface area contributed by atoms with Crippen molar-refractivity contribution >= 4 is 11.8 Å². The summed E-state index contributed by atoms with van der Waals surface area (Å²) in [6.07, 6.45) is 7.56. The molecule has 0 bridgehead atoms. The van der Waals surface area contributed by atoms with E-state index in [1.54, 1.807) is 0 Å². The third-order valence-electron chi connectivity index (χ3n) is 5.54. The van der Waals surface area contributed by atoms with E-state index in [0.717, 1.165) is 25.8 Å². The number of rotatable bonds is 1. The Morgan fingerprint density at radius 3 is 2.57 bits per heavy atom. The molecule has 6 heteroatoms. The molecule has 1 aromatic heterocycles. The molecule has 2 aliphatic rings. The number of fused-ring (bicyclic) bond motifs is 2. The number of carbonyl (C=O) groups excluding carboxylic acids is 1. The van der Waals surface area contributed by atoms with Gasteiger partial charge in [-0.3, -0.25) is 0 Å². The highest BCUT2D eigenvalue weighted by atomic mass is 16.6. The molecule has 2 aromatic rings. The van der Waals surface area contributed by atoms with Crippen molar-refractivity contribution < 1.29 is 9.53 Å². The zero-order chi connectivity index (χ0) is 19.9. The quantitative estimate of drug-likeness (QED) is 0.756. The van der Waals surface area contributed by atoms with Crippen molar-refractivity contribution in [2.45, 2.75) is 52.1 Å². The summed E-state index contributed by atoms with van der Waals surface area (Å²) in [5.41, 5.74) is 6.04. The van der Waals surface area contributed by atoms with Crippen molar-refractivity contribution in [2.75, 3.05) is 31.6 Å². The van der Waals surface area contributed by atoms with E-state index in [4.69, 9.17) is 4.74 Å². The fourth-order valence-electron chi connectivity index (χ4n) is 4.32. The summed E-state index contributed by atoms with van der Waals surface area (Å²) in [5, 5.41) is 4.56. The van der Waals surface area contributed by atoms with Crippen molar-refractivity contribution in [2.24, 2.45) is 0 Å². The molecule has 6 nitrogen and oxygen atoms in total. The van der Waals surface area contributed by atoms with Crippen LogP contribution in [0.4, 0.5) is 10.5 Å². The Bertz CT molecular complexity index is 868. The van der Waals surface area contributed by atoms with Crippen molar-refractivity contribution in [3.05, 3.63) is 41.2 Å². The Kier molecular flexibility index (Phi) is 4.81. The average molecular weight is 383 g/mol. The van der Waals surface area contributed by atoms with Crippen LogP contribution in [0.25, 0.3) is 5.69 Å². The summed E-state index contributed by atoms with van der Waals surface area (Å²) < 4.78 is 7.61. The van der Waals surface area contributed by atoms with E-state index in [0.29, 0.717) is 13.1 Å². The minimum absolute atomic E-state index is 0.220. The van der Waals surface area contributed by atoms with E-state index in [-0.39, 0.29) is 6.09 Å². The van der Waals surface area contributed by atoms with Crippen LogP contribution in [0.2, 0.25) is 0 Å². The number of carbonyl (C=O) groups is 1. The number of hydrogen-bond donors (Lipinski definition) is 0. The lowest BCUT2D eigenvalue weighted by Gasteiger charge is -2.32. The topological polar surface area (TPSA) is 50.6 Å². The third kappa shape index (κ3) is 3.60. The van der Waals surface area contributed by atoms with E-state index in [9.17, 15) is 4.79 Å². The van der Waals surface area contributed by atoms with Gasteiger partial charge in [-0.25, -0.2) is 9.48 Å². The van der Waals surface area contributed by atoms with E-state index in [1.807, 2.05) is 48.8 Å². The van der Waals surface area contributed by atoms with Crippen LogP contribution in [-0.4, -0.2) is 53.1 Å². The van der Waals surface area contributed by atoms with Crippen LogP contribution in [0.3, 0.4) is 0 Å². The summed E-state index contributed by atoms with van der Waals surface area (Å²) in [6.45, 7) is 8.16. The predicted octanol–water partition coefficient (Wildman–Crippen LogP) is 3.59. The van der Waals surface area contributed by atoms with Crippen molar-refractivity contribution in [3.63, 3.8) is 0 Å². The number of nitrogens with zero attached hydrogens (tertiary/aromatic N) is 4. The Morgan fingerprint density at radius 1 is 1.07 bits per heavy atom. The summed E-state index contributed by atoms with van der Waals surface area (Å²) in [5.74, 6) is 0. The molecule has 0 fully saturated rings. The van der Waals surface area contributed by atoms with Crippen LogP contribution in [0.15, 0.2) is 24.5 Å². The maximum Gasteiger partial charge on any atom is 0.410 e. The molecule has 1 aromatic carbocycles. The van der Waals surface area contributed by atoms with Gasteiger partial charge in [-0.15, -0.1) is 0 Å². The number of hydrogen-bond acceptors (Lipinski definition) is 4. The number of aromatic nitrogens is 2. The minimum Gasteiger partial charge on any atom is -0.444 e. The predicted molar refractivity (Wildman–Crippen MR) is 110 cm³/mol. The molecule has 0 radical (unpaired) electrons. The van der Waals surface area contributed by atoms with Crippen LogP contribution in [0.1, 0.15) is 43.9 Å². The molecule has 150 valence electrons. The summed E-state index contributed by atoms with van der Waals surface area (Å²) in [6, 6.07) is 4.34. The van der Waals surface area contributed by atoms with Gasteiger partial charge in [0, 0.05) is 39.1 Å². The summed E-state index contributed by atoms with van der Waals surface area (Å²) in [4.78, 5) is 16.8. The molecule has 28 heavy (non-hydrogen) atoms. The van der Waals surface area contributed by atoms with Crippen LogP contribution >= 0.6 is 0 Å². The lowest BCUT2D eigenvalue weighted by Crippen LogP contribution is -2.38. The first-order valence-electron chi connectivity index (χ1n) is 10.2. The second-order valence-electron chi connectivity index (χ2n) is 8.81. The van der Waals surface area contributed by atoms with Gasteiger partial charge in [0.05, 0.1) is 11.4 Å². The maximum atomic E-state index is 12.6. The van der Waals surface area contributed by atoms with Gasteiger partial charge in [0.2, 0.25) is 0 Å². The van der Waals surface area contributed by atoms with Gasteiger partial charge in [0.1, 0.15) is 5.60 Å². The molecule has 0 saturated carbocycles. The fourth-order valence-corrected chi connectivity index (χ4v) is 4.32. The summed E-state index contributed by atoms with van der Waals surface area (Å²) in [7, 11) is 2.17. The third-order valence-corrected chi connectivity index (χ3v) is 5.54. The first-order chi connectivity index (χ1) is 13.3. The number of amides is 1. The van der Waals surface area contributed by atoms with Crippen molar-refractivity contribution in [1.82, 2.24) is 14.7 Å². The van der Waals surface area contributed by atoms with E-state index < -0.39 is 5.60 Å². The monoisotopic (exact) mass is 382 g/mol. The van der Waals surface area contributed by atoms with Gasteiger partial charge < -0.3 is 14.5 Å². The van der Waals surface area contributed by atoms with Crippen LogP contribution in [-0.2, 0) is 24.0 Å².